The van der Waals surface area contributed by atoms with E-state index in [1.807, 2.05) is 0 Å². The smallest absolute Gasteiger partial charge is 0.306 e. The van der Waals surface area contributed by atoms with E-state index in [2.05, 4.69) is 0 Å². The fourth-order valence-corrected chi connectivity index (χ4v) is 2.29. The molecule has 2 aromatic rings. The normalized spacial score (nSPS) is 11.5. The summed E-state index contributed by atoms with van der Waals surface area (Å²) in [7, 11) is 0. The van der Waals surface area contributed by atoms with Gasteiger partial charge in [0.15, 0.2) is 0 Å². The van der Waals surface area contributed by atoms with Gasteiger partial charge >= 0.3 is 6.18 Å². The number of hydrogen-bond acceptors (Lipinski definition) is 1. The number of alkyl halides is 3. The van der Waals surface area contributed by atoms with E-state index in [1.54, 1.807) is 44.2 Å². The molecule has 0 saturated heterocycles. The molecule has 2 rings (SSSR count). The molecule has 0 N–H and O–H groups in total. The van der Waals surface area contributed by atoms with Crippen LogP contribution in [0, 0.1) is 0 Å². The molecule has 2 nitrogen and oxygen atoms in total. The maximum Gasteiger partial charge on any atom is 0.417 e. The van der Waals surface area contributed by atoms with Gasteiger partial charge < -0.3 is 4.90 Å². The highest BCUT2D eigenvalue weighted by Gasteiger charge is 2.36. The molecule has 0 aliphatic carbocycles. The van der Waals surface area contributed by atoms with Gasteiger partial charge in [0.25, 0.3) is 5.91 Å². The second-order valence-corrected chi connectivity index (χ2v) is 5.15. The molecule has 22 heavy (non-hydrogen) atoms. The number of benzene rings is 2. The van der Waals surface area contributed by atoms with Gasteiger partial charge in [-0.25, -0.2) is 0 Å². The van der Waals surface area contributed by atoms with E-state index < -0.39 is 17.6 Å². The molecule has 0 atom stereocenters. The van der Waals surface area contributed by atoms with Crippen LogP contribution in [-0.2, 0) is 6.18 Å². The molecule has 0 radical (unpaired) electrons. The molecule has 0 aromatic heterocycles. The zero-order valence-electron chi connectivity index (χ0n) is 12.3. The average molecular weight is 307 g/mol. The summed E-state index contributed by atoms with van der Waals surface area (Å²) in [6, 6.07) is 13.3. The van der Waals surface area contributed by atoms with Crippen molar-refractivity contribution in [1.29, 1.82) is 0 Å². The summed E-state index contributed by atoms with van der Waals surface area (Å²) < 4.78 is 39.3. The minimum absolute atomic E-state index is 0.267. The highest BCUT2D eigenvalue weighted by molar-refractivity contribution is 6.07. The lowest BCUT2D eigenvalue weighted by Gasteiger charge is -2.28. The number of para-hydroxylation sites is 1. The number of carbonyl (C=O) groups is 1. The Hall–Kier alpha value is -2.30. The molecule has 5 heteroatoms. The minimum atomic E-state index is -4.56. The van der Waals surface area contributed by atoms with Crippen molar-refractivity contribution in [3.8, 4) is 0 Å². The van der Waals surface area contributed by atoms with E-state index in [9.17, 15) is 18.0 Å². The first-order chi connectivity index (χ1) is 10.3. The largest absolute Gasteiger partial charge is 0.417 e. The van der Waals surface area contributed by atoms with Crippen LogP contribution >= 0.6 is 0 Å². The lowest BCUT2D eigenvalue weighted by atomic mass is 10.0. The third kappa shape index (κ3) is 3.30. The highest BCUT2D eigenvalue weighted by atomic mass is 19.4. The molecule has 0 heterocycles. The third-order valence-electron chi connectivity index (χ3n) is 3.23. The molecule has 0 saturated carbocycles. The highest BCUT2D eigenvalue weighted by Crippen LogP contribution is 2.33. The fourth-order valence-electron chi connectivity index (χ4n) is 2.29. The van der Waals surface area contributed by atoms with Gasteiger partial charge in [-0.15, -0.1) is 0 Å². The third-order valence-corrected chi connectivity index (χ3v) is 3.23. The number of rotatable bonds is 3. The average Bonchev–Trinajstić information content (AvgIpc) is 2.47. The quantitative estimate of drug-likeness (QED) is 0.800. The second kappa shape index (κ2) is 6.22. The summed E-state index contributed by atoms with van der Waals surface area (Å²) >= 11 is 0. The van der Waals surface area contributed by atoms with Gasteiger partial charge in [-0.05, 0) is 38.1 Å². The number of amides is 1. The van der Waals surface area contributed by atoms with Crippen molar-refractivity contribution in [3.63, 3.8) is 0 Å². The molecule has 0 bridgehead atoms. The number of anilines is 1. The summed E-state index contributed by atoms with van der Waals surface area (Å²) in [4.78, 5) is 14.0. The van der Waals surface area contributed by atoms with Gasteiger partial charge in [-0.3, -0.25) is 4.79 Å². The van der Waals surface area contributed by atoms with Gasteiger partial charge in [0, 0.05) is 11.7 Å². The lowest BCUT2D eigenvalue weighted by Crippen LogP contribution is -2.38. The van der Waals surface area contributed by atoms with E-state index in [0.717, 1.165) is 6.07 Å². The van der Waals surface area contributed by atoms with Crippen LogP contribution in [0.4, 0.5) is 18.9 Å². The summed E-state index contributed by atoms with van der Waals surface area (Å²) in [6.45, 7) is 3.53. The Morgan fingerprint density at radius 1 is 0.955 bits per heavy atom. The summed E-state index contributed by atoms with van der Waals surface area (Å²) in [6.07, 6.45) is -4.56. The van der Waals surface area contributed by atoms with Crippen LogP contribution < -0.4 is 4.90 Å². The zero-order valence-corrected chi connectivity index (χ0v) is 12.3. The second-order valence-electron chi connectivity index (χ2n) is 5.15. The predicted molar refractivity (Wildman–Crippen MR) is 79.8 cm³/mol. The van der Waals surface area contributed by atoms with E-state index in [-0.39, 0.29) is 11.6 Å². The molecular weight excluding hydrogens is 291 g/mol. The Morgan fingerprint density at radius 2 is 1.50 bits per heavy atom. The summed E-state index contributed by atoms with van der Waals surface area (Å²) in [5.41, 5.74) is -0.686. The van der Waals surface area contributed by atoms with Crippen molar-refractivity contribution in [2.75, 3.05) is 4.90 Å². The van der Waals surface area contributed by atoms with Crippen LogP contribution in [-0.4, -0.2) is 11.9 Å². The Kier molecular flexibility index (Phi) is 4.54. The maximum atomic E-state index is 13.1. The minimum Gasteiger partial charge on any atom is -0.306 e. The summed E-state index contributed by atoms with van der Waals surface area (Å²) in [5.74, 6) is -0.658. The Balaban J connectivity index is 2.50. The fraction of sp³-hybridized carbons (Fsp3) is 0.235. The van der Waals surface area contributed by atoms with Crippen molar-refractivity contribution in [2.45, 2.75) is 26.1 Å². The van der Waals surface area contributed by atoms with Crippen LogP contribution in [0.1, 0.15) is 29.8 Å². The first kappa shape index (κ1) is 16.1. The molecule has 0 aliphatic rings. The van der Waals surface area contributed by atoms with Gasteiger partial charge in [0.1, 0.15) is 0 Å². The monoisotopic (exact) mass is 307 g/mol. The lowest BCUT2D eigenvalue weighted by molar-refractivity contribution is -0.137. The van der Waals surface area contributed by atoms with E-state index in [0.29, 0.717) is 5.69 Å². The SMILES string of the molecule is CC(C)N(C(=O)c1ccccc1C(F)(F)F)c1ccccc1. The van der Waals surface area contributed by atoms with Crippen molar-refractivity contribution < 1.29 is 18.0 Å². The van der Waals surface area contributed by atoms with E-state index in [1.165, 1.54) is 23.1 Å². The van der Waals surface area contributed by atoms with Crippen molar-refractivity contribution in [3.05, 3.63) is 65.7 Å². The predicted octanol–water partition coefficient (Wildman–Crippen LogP) is 4.76. The number of halogens is 3. The Morgan fingerprint density at radius 3 is 2.05 bits per heavy atom. The number of nitrogens with zero attached hydrogens (tertiary/aromatic N) is 1. The van der Waals surface area contributed by atoms with Crippen molar-refractivity contribution in [2.24, 2.45) is 0 Å². The molecule has 0 spiro atoms. The van der Waals surface area contributed by atoms with Crippen LogP contribution in [0.5, 0.6) is 0 Å². The molecule has 0 fully saturated rings. The topological polar surface area (TPSA) is 20.3 Å². The van der Waals surface area contributed by atoms with Crippen LogP contribution in [0.2, 0.25) is 0 Å². The van der Waals surface area contributed by atoms with Crippen LogP contribution in [0.3, 0.4) is 0 Å². The van der Waals surface area contributed by atoms with Gasteiger partial charge in [-0.1, -0.05) is 30.3 Å². The molecule has 0 aliphatic heterocycles. The molecule has 116 valence electrons. The molecule has 0 unspecified atom stereocenters. The van der Waals surface area contributed by atoms with Crippen LogP contribution in [0.25, 0.3) is 0 Å². The number of carbonyl (C=O) groups excluding carboxylic acids is 1. The number of hydrogen-bond donors (Lipinski definition) is 0. The van der Waals surface area contributed by atoms with E-state index >= 15 is 0 Å². The van der Waals surface area contributed by atoms with Crippen molar-refractivity contribution in [1.82, 2.24) is 0 Å². The first-order valence-electron chi connectivity index (χ1n) is 6.87. The summed E-state index contributed by atoms with van der Waals surface area (Å²) in [5, 5.41) is 0. The van der Waals surface area contributed by atoms with Gasteiger partial charge in [-0.2, -0.15) is 13.2 Å². The Labute approximate surface area is 127 Å². The molecular formula is C17H16F3NO. The van der Waals surface area contributed by atoms with Gasteiger partial charge in [0.2, 0.25) is 0 Å². The Bertz CT molecular complexity index is 650. The zero-order chi connectivity index (χ0) is 16.3. The van der Waals surface area contributed by atoms with E-state index in [4.69, 9.17) is 0 Å². The molecule has 2 aromatic carbocycles. The van der Waals surface area contributed by atoms with Crippen LogP contribution in [0.15, 0.2) is 54.6 Å². The standard InChI is InChI=1S/C17H16F3NO/c1-12(2)21(13-8-4-3-5-9-13)16(22)14-10-6-7-11-15(14)17(18,19)20/h3-12H,1-2H3. The van der Waals surface area contributed by atoms with Crippen molar-refractivity contribution >= 4 is 11.6 Å². The maximum absolute atomic E-state index is 13.1. The first-order valence-corrected chi connectivity index (χ1v) is 6.87. The van der Waals surface area contributed by atoms with Gasteiger partial charge in [0.05, 0.1) is 11.1 Å². The molecule has 1 amide bonds.